The zero-order chi connectivity index (χ0) is 21.2. The molecule has 0 spiro atoms. The molecule has 1 atom stereocenters. The summed E-state index contributed by atoms with van der Waals surface area (Å²) in [4.78, 5) is 0. The first-order chi connectivity index (χ1) is 13.8. The number of hydrogen-bond donors (Lipinski definition) is 3. The van der Waals surface area contributed by atoms with E-state index in [1.54, 1.807) is 19.1 Å². The molecule has 0 radical (unpaired) electrons. The number of rotatable bonds is 9. The molecule has 1 saturated carbocycles. The second-order valence-electron chi connectivity index (χ2n) is 7.89. The Kier molecular flexibility index (Phi) is 6.39. The molecule has 7 heteroatoms. The van der Waals surface area contributed by atoms with E-state index < -0.39 is 23.6 Å². The predicted molar refractivity (Wildman–Crippen MR) is 105 cm³/mol. The fraction of sp³-hybridized carbons (Fsp3) is 0.455. The smallest absolute Gasteiger partial charge is 0.170 e. The number of anilines is 1. The van der Waals surface area contributed by atoms with Gasteiger partial charge in [-0.3, -0.25) is 0 Å². The first-order valence-electron chi connectivity index (χ1n) is 9.61. The molecule has 0 saturated heterocycles. The maximum absolute atomic E-state index is 15.0. The van der Waals surface area contributed by atoms with Gasteiger partial charge in [-0.05, 0) is 48.8 Å². The van der Waals surface area contributed by atoms with Crippen molar-refractivity contribution < 1.29 is 28.1 Å². The molecule has 1 unspecified atom stereocenters. The monoisotopic (exact) mass is 409 g/mol. The Bertz CT molecular complexity index is 884. The lowest BCUT2D eigenvalue weighted by atomic mass is 9.97. The number of aryl methyl sites for hydroxylation is 1. The second-order valence-corrected chi connectivity index (χ2v) is 7.89. The van der Waals surface area contributed by atoms with Gasteiger partial charge in [0.2, 0.25) is 0 Å². The summed E-state index contributed by atoms with van der Waals surface area (Å²) in [5.74, 6) is -2.16. The predicted octanol–water partition coefficient (Wildman–Crippen LogP) is 3.95. The summed E-state index contributed by atoms with van der Waals surface area (Å²) in [6, 6.07) is 5.60. The summed E-state index contributed by atoms with van der Waals surface area (Å²) in [5, 5.41) is 21.8. The SMILES string of the molecule is COc1cc(F)c(NCC2(CC(O)CO)CC2)c(Cc2ccc(C)cc2F)c1F. The van der Waals surface area contributed by atoms with Crippen molar-refractivity contribution in [2.45, 2.75) is 38.7 Å². The third-order valence-electron chi connectivity index (χ3n) is 5.55. The van der Waals surface area contributed by atoms with Gasteiger partial charge in [0, 0.05) is 24.6 Å². The number of aliphatic hydroxyl groups excluding tert-OH is 2. The van der Waals surface area contributed by atoms with Crippen LogP contribution in [-0.4, -0.2) is 36.6 Å². The van der Waals surface area contributed by atoms with E-state index in [4.69, 9.17) is 9.84 Å². The van der Waals surface area contributed by atoms with Crippen LogP contribution in [0, 0.1) is 29.8 Å². The minimum atomic E-state index is -0.849. The van der Waals surface area contributed by atoms with Crippen LogP contribution in [0.15, 0.2) is 24.3 Å². The fourth-order valence-corrected chi connectivity index (χ4v) is 3.62. The number of ether oxygens (including phenoxy) is 1. The molecule has 4 nitrogen and oxygen atoms in total. The van der Waals surface area contributed by atoms with Gasteiger partial charge in [-0.1, -0.05) is 12.1 Å². The van der Waals surface area contributed by atoms with Gasteiger partial charge in [0.05, 0.1) is 25.5 Å². The summed E-state index contributed by atoms with van der Waals surface area (Å²) < 4.78 is 49.0. The van der Waals surface area contributed by atoms with E-state index >= 15 is 0 Å². The standard InChI is InChI=1S/C22H26F3NO3/c1-13-3-4-14(17(23)7-13)8-16-20(25)19(29-2)9-18(24)21(16)26-12-22(5-6-22)10-15(28)11-27/h3-4,7,9,15,26-28H,5-6,8,10-12H2,1-2H3. The molecular formula is C22H26F3NO3. The van der Waals surface area contributed by atoms with E-state index in [9.17, 15) is 18.3 Å². The molecule has 1 fully saturated rings. The second kappa shape index (κ2) is 8.63. The molecule has 0 bridgehead atoms. The highest BCUT2D eigenvalue weighted by Gasteiger charge is 2.44. The van der Waals surface area contributed by atoms with Gasteiger partial charge in [-0.15, -0.1) is 0 Å². The molecule has 2 aromatic carbocycles. The number of aliphatic hydroxyl groups is 2. The van der Waals surface area contributed by atoms with Crippen LogP contribution in [0.25, 0.3) is 0 Å². The average Bonchev–Trinajstić information content (AvgIpc) is 3.45. The molecular weight excluding hydrogens is 383 g/mol. The fourth-order valence-electron chi connectivity index (χ4n) is 3.62. The Morgan fingerprint density at radius 1 is 1.17 bits per heavy atom. The van der Waals surface area contributed by atoms with Gasteiger partial charge in [-0.2, -0.15) is 0 Å². The van der Waals surface area contributed by atoms with E-state index in [2.05, 4.69) is 5.32 Å². The number of nitrogens with one attached hydrogen (secondary N) is 1. The lowest BCUT2D eigenvalue weighted by molar-refractivity contribution is 0.0718. The third kappa shape index (κ3) is 4.85. The van der Waals surface area contributed by atoms with Gasteiger partial charge in [-0.25, -0.2) is 13.2 Å². The van der Waals surface area contributed by atoms with Crippen molar-refractivity contribution in [1.82, 2.24) is 0 Å². The van der Waals surface area contributed by atoms with Crippen molar-refractivity contribution in [3.05, 3.63) is 58.4 Å². The topological polar surface area (TPSA) is 61.7 Å². The van der Waals surface area contributed by atoms with Gasteiger partial charge in [0.25, 0.3) is 0 Å². The van der Waals surface area contributed by atoms with Crippen LogP contribution in [0.3, 0.4) is 0 Å². The zero-order valence-electron chi connectivity index (χ0n) is 16.6. The van der Waals surface area contributed by atoms with Gasteiger partial charge >= 0.3 is 0 Å². The Labute approximate surface area is 168 Å². The number of benzene rings is 2. The summed E-state index contributed by atoms with van der Waals surface area (Å²) in [5.41, 5.74) is 0.676. The van der Waals surface area contributed by atoms with E-state index in [1.807, 2.05) is 0 Å². The Morgan fingerprint density at radius 3 is 2.48 bits per heavy atom. The minimum Gasteiger partial charge on any atom is -0.494 e. The highest BCUT2D eigenvalue weighted by atomic mass is 19.1. The molecule has 158 valence electrons. The highest BCUT2D eigenvalue weighted by molar-refractivity contribution is 5.58. The van der Waals surface area contributed by atoms with Crippen LogP contribution >= 0.6 is 0 Å². The number of hydrogen-bond acceptors (Lipinski definition) is 4. The summed E-state index contributed by atoms with van der Waals surface area (Å²) in [6.07, 6.45) is 1.02. The van der Waals surface area contributed by atoms with Crippen LogP contribution in [0.5, 0.6) is 5.75 Å². The van der Waals surface area contributed by atoms with E-state index in [1.165, 1.54) is 13.2 Å². The van der Waals surface area contributed by atoms with Crippen molar-refractivity contribution in [3.8, 4) is 5.75 Å². The van der Waals surface area contributed by atoms with Crippen molar-refractivity contribution in [2.24, 2.45) is 5.41 Å². The largest absolute Gasteiger partial charge is 0.494 e. The van der Waals surface area contributed by atoms with Gasteiger partial charge < -0.3 is 20.3 Å². The van der Waals surface area contributed by atoms with Crippen LogP contribution in [-0.2, 0) is 6.42 Å². The first-order valence-corrected chi connectivity index (χ1v) is 9.61. The van der Waals surface area contributed by atoms with E-state index in [0.29, 0.717) is 13.0 Å². The lowest BCUT2D eigenvalue weighted by Crippen LogP contribution is -2.24. The molecule has 3 N–H and O–H groups in total. The van der Waals surface area contributed by atoms with Gasteiger partial charge in [0.1, 0.15) is 11.6 Å². The molecule has 1 aliphatic carbocycles. The first kappa shape index (κ1) is 21.5. The van der Waals surface area contributed by atoms with E-state index in [0.717, 1.165) is 24.5 Å². The van der Waals surface area contributed by atoms with Crippen LogP contribution in [0.2, 0.25) is 0 Å². The number of methoxy groups -OCH3 is 1. The van der Waals surface area contributed by atoms with E-state index in [-0.39, 0.29) is 41.0 Å². The molecule has 3 rings (SSSR count). The number of halogens is 3. The highest BCUT2D eigenvalue weighted by Crippen LogP contribution is 2.50. The Balaban J connectivity index is 1.91. The molecule has 0 heterocycles. The van der Waals surface area contributed by atoms with Gasteiger partial charge in [0.15, 0.2) is 11.6 Å². The normalized spacial score (nSPS) is 15.8. The Hall–Kier alpha value is -2.25. The minimum absolute atomic E-state index is 0.0110. The van der Waals surface area contributed by atoms with Crippen molar-refractivity contribution in [3.63, 3.8) is 0 Å². The molecule has 1 aliphatic rings. The molecule has 2 aromatic rings. The quantitative estimate of drug-likeness (QED) is 0.587. The third-order valence-corrected chi connectivity index (χ3v) is 5.55. The van der Waals surface area contributed by atoms with Crippen molar-refractivity contribution in [1.29, 1.82) is 0 Å². The van der Waals surface area contributed by atoms with Crippen LogP contribution in [0.1, 0.15) is 36.0 Å². The summed E-state index contributed by atoms with van der Waals surface area (Å²) >= 11 is 0. The maximum Gasteiger partial charge on any atom is 0.170 e. The summed E-state index contributed by atoms with van der Waals surface area (Å²) in [7, 11) is 1.25. The molecule has 0 aromatic heterocycles. The van der Waals surface area contributed by atoms with Crippen molar-refractivity contribution >= 4 is 5.69 Å². The molecule has 0 amide bonds. The van der Waals surface area contributed by atoms with Crippen molar-refractivity contribution in [2.75, 3.05) is 25.6 Å². The molecule has 29 heavy (non-hydrogen) atoms. The Morgan fingerprint density at radius 2 is 1.90 bits per heavy atom. The maximum atomic E-state index is 15.0. The van der Waals surface area contributed by atoms with Crippen LogP contribution < -0.4 is 10.1 Å². The molecule has 0 aliphatic heterocycles. The summed E-state index contributed by atoms with van der Waals surface area (Å²) in [6.45, 7) is 1.73. The zero-order valence-corrected chi connectivity index (χ0v) is 16.6. The van der Waals surface area contributed by atoms with Crippen LogP contribution in [0.4, 0.5) is 18.9 Å². The lowest BCUT2D eigenvalue weighted by Gasteiger charge is -2.22. The average molecular weight is 409 g/mol.